The fourth-order valence-electron chi connectivity index (χ4n) is 2.97. The Balaban J connectivity index is 1.54. The van der Waals surface area contributed by atoms with Gasteiger partial charge >= 0.3 is 0 Å². The molecule has 0 radical (unpaired) electrons. The average molecular weight is 429 g/mol. The van der Waals surface area contributed by atoms with Crippen LogP contribution in [0.15, 0.2) is 84.0 Å². The first-order valence-electron chi connectivity index (χ1n) is 9.65. The molecule has 1 aromatic heterocycles. The molecule has 154 valence electrons. The van der Waals surface area contributed by atoms with Gasteiger partial charge in [-0.2, -0.15) is 5.26 Å². The highest BCUT2D eigenvalue weighted by Crippen LogP contribution is 2.26. The number of hydrogen-bond donors (Lipinski definition) is 0. The molecule has 4 rings (SSSR count). The summed E-state index contributed by atoms with van der Waals surface area (Å²) in [5.41, 5.74) is 2.74. The van der Waals surface area contributed by atoms with E-state index in [0.29, 0.717) is 11.4 Å². The van der Waals surface area contributed by atoms with E-state index in [9.17, 15) is 0 Å². The SMILES string of the molecule is COc1ccc(OCc2nnc(SCc3ccc(C#N)cc3)n2-c2ccccc2)cc1. The normalized spacial score (nSPS) is 10.5. The molecule has 0 aliphatic carbocycles. The van der Waals surface area contributed by atoms with Gasteiger partial charge in [-0.1, -0.05) is 42.1 Å². The number of ether oxygens (including phenoxy) is 2. The van der Waals surface area contributed by atoms with E-state index in [2.05, 4.69) is 16.3 Å². The van der Waals surface area contributed by atoms with Gasteiger partial charge in [-0.3, -0.25) is 4.57 Å². The van der Waals surface area contributed by atoms with Crippen molar-refractivity contribution in [2.45, 2.75) is 17.5 Å². The number of para-hydroxylation sites is 1. The summed E-state index contributed by atoms with van der Waals surface area (Å²) in [6.07, 6.45) is 0. The van der Waals surface area contributed by atoms with E-state index in [1.54, 1.807) is 18.9 Å². The number of benzene rings is 3. The van der Waals surface area contributed by atoms with Crippen molar-refractivity contribution in [2.75, 3.05) is 7.11 Å². The first-order valence-corrected chi connectivity index (χ1v) is 10.6. The Morgan fingerprint density at radius 1 is 0.903 bits per heavy atom. The molecule has 0 aliphatic rings. The lowest BCUT2D eigenvalue weighted by Gasteiger charge is -2.11. The maximum absolute atomic E-state index is 8.97. The summed E-state index contributed by atoms with van der Waals surface area (Å²) < 4.78 is 13.1. The minimum atomic E-state index is 0.283. The molecule has 0 saturated heterocycles. The van der Waals surface area contributed by atoms with Gasteiger partial charge in [-0.15, -0.1) is 10.2 Å². The molecule has 6 nitrogen and oxygen atoms in total. The number of nitriles is 1. The summed E-state index contributed by atoms with van der Waals surface area (Å²) in [5, 5.41) is 18.5. The molecular weight excluding hydrogens is 408 g/mol. The van der Waals surface area contributed by atoms with Crippen LogP contribution in [-0.4, -0.2) is 21.9 Å². The lowest BCUT2D eigenvalue weighted by molar-refractivity contribution is 0.292. The van der Waals surface area contributed by atoms with Crippen molar-refractivity contribution in [3.05, 3.63) is 95.8 Å². The second-order valence-corrected chi connectivity index (χ2v) is 7.57. The van der Waals surface area contributed by atoms with E-state index >= 15 is 0 Å². The molecule has 31 heavy (non-hydrogen) atoms. The summed E-state index contributed by atoms with van der Waals surface area (Å²) in [6.45, 7) is 0.283. The zero-order chi connectivity index (χ0) is 21.5. The van der Waals surface area contributed by atoms with Crippen molar-refractivity contribution in [3.63, 3.8) is 0 Å². The van der Waals surface area contributed by atoms with E-state index in [0.717, 1.165) is 33.7 Å². The van der Waals surface area contributed by atoms with Crippen molar-refractivity contribution < 1.29 is 9.47 Å². The smallest absolute Gasteiger partial charge is 0.196 e. The quantitative estimate of drug-likeness (QED) is 0.367. The van der Waals surface area contributed by atoms with Crippen LogP contribution in [0.3, 0.4) is 0 Å². The topological polar surface area (TPSA) is 73.0 Å². The summed E-state index contributed by atoms with van der Waals surface area (Å²) in [7, 11) is 1.63. The molecule has 0 atom stereocenters. The minimum Gasteiger partial charge on any atom is -0.497 e. The van der Waals surface area contributed by atoms with E-state index < -0.39 is 0 Å². The lowest BCUT2D eigenvalue weighted by Crippen LogP contribution is -2.06. The molecule has 0 N–H and O–H groups in total. The molecule has 0 saturated carbocycles. The van der Waals surface area contributed by atoms with Gasteiger partial charge in [0.25, 0.3) is 0 Å². The van der Waals surface area contributed by atoms with Gasteiger partial charge in [0, 0.05) is 11.4 Å². The zero-order valence-corrected chi connectivity index (χ0v) is 17.7. The minimum absolute atomic E-state index is 0.283. The summed E-state index contributed by atoms with van der Waals surface area (Å²) in [6, 6.07) is 27.1. The van der Waals surface area contributed by atoms with Gasteiger partial charge in [-0.25, -0.2) is 0 Å². The van der Waals surface area contributed by atoms with Crippen LogP contribution in [0.2, 0.25) is 0 Å². The fraction of sp³-hybridized carbons (Fsp3) is 0.125. The molecule has 3 aromatic carbocycles. The monoisotopic (exact) mass is 428 g/mol. The van der Waals surface area contributed by atoms with Crippen LogP contribution in [0.5, 0.6) is 11.5 Å². The molecule has 0 aliphatic heterocycles. The number of methoxy groups -OCH3 is 1. The first-order chi connectivity index (χ1) is 15.3. The molecule has 0 bridgehead atoms. The Kier molecular flexibility index (Phi) is 6.50. The Hall–Kier alpha value is -3.76. The molecule has 4 aromatic rings. The number of nitrogens with zero attached hydrogens (tertiary/aromatic N) is 4. The molecule has 0 amide bonds. The Morgan fingerprint density at radius 2 is 1.61 bits per heavy atom. The number of hydrogen-bond acceptors (Lipinski definition) is 6. The molecule has 1 heterocycles. The standard InChI is InChI=1S/C24H20N4O2S/c1-29-21-11-13-22(14-12-21)30-16-23-26-27-24(28(23)20-5-3-2-4-6-20)31-17-19-9-7-18(15-25)8-10-19/h2-14H,16-17H2,1H3. The van der Waals surface area contributed by atoms with E-state index in [1.165, 1.54) is 0 Å². The fourth-order valence-corrected chi connectivity index (χ4v) is 3.89. The van der Waals surface area contributed by atoms with Gasteiger partial charge in [-0.05, 0) is 54.1 Å². The Morgan fingerprint density at radius 3 is 2.29 bits per heavy atom. The van der Waals surface area contributed by atoms with Crippen molar-refractivity contribution >= 4 is 11.8 Å². The summed E-state index contributed by atoms with van der Waals surface area (Å²) >= 11 is 1.59. The number of aromatic nitrogens is 3. The van der Waals surface area contributed by atoms with Gasteiger partial charge in [0.05, 0.1) is 18.7 Å². The predicted octanol–water partition coefficient (Wildman–Crippen LogP) is 5.02. The van der Waals surface area contributed by atoms with Crippen molar-refractivity contribution in [1.82, 2.24) is 14.8 Å². The molecule has 0 fully saturated rings. The first kappa shape index (κ1) is 20.5. The molecule has 7 heteroatoms. The van der Waals surface area contributed by atoms with Crippen molar-refractivity contribution in [2.24, 2.45) is 0 Å². The van der Waals surface area contributed by atoms with Gasteiger partial charge < -0.3 is 9.47 Å². The lowest BCUT2D eigenvalue weighted by atomic mass is 10.2. The highest BCUT2D eigenvalue weighted by atomic mass is 32.2. The number of rotatable bonds is 8. The summed E-state index contributed by atoms with van der Waals surface area (Å²) in [5.74, 6) is 2.94. The van der Waals surface area contributed by atoms with Crippen LogP contribution in [0.25, 0.3) is 5.69 Å². The molecular formula is C24H20N4O2S. The highest BCUT2D eigenvalue weighted by molar-refractivity contribution is 7.98. The second kappa shape index (κ2) is 9.83. The highest BCUT2D eigenvalue weighted by Gasteiger charge is 2.15. The van der Waals surface area contributed by atoms with Crippen molar-refractivity contribution in [3.8, 4) is 23.3 Å². The maximum Gasteiger partial charge on any atom is 0.196 e. The average Bonchev–Trinajstić information content (AvgIpc) is 3.25. The van der Waals surface area contributed by atoms with Crippen LogP contribution in [-0.2, 0) is 12.4 Å². The van der Waals surface area contributed by atoms with Crippen molar-refractivity contribution in [1.29, 1.82) is 5.26 Å². The van der Waals surface area contributed by atoms with Crippen LogP contribution >= 0.6 is 11.8 Å². The Bertz CT molecular complexity index is 1170. The van der Waals surface area contributed by atoms with E-state index in [4.69, 9.17) is 14.7 Å². The third-order valence-electron chi connectivity index (χ3n) is 4.59. The molecule has 0 unspecified atom stereocenters. The van der Waals surface area contributed by atoms with Gasteiger partial charge in [0.1, 0.15) is 18.1 Å². The largest absolute Gasteiger partial charge is 0.497 e. The van der Waals surface area contributed by atoms with E-state index in [1.807, 2.05) is 83.4 Å². The second-order valence-electron chi connectivity index (χ2n) is 6.63. The zero-order valence-electron chi connectivity index (χ0n) is 16.9. The third-order valence-corrected chi connectivity index (χ3v) is 5.59. The maximum atomic E-state index is 8.97. The van der Waals surface area contributed by atoms with Crippen LogP contribution in [0.4, 0.5) is 0 Å². The Labute approximate surface area is 185 Å². The van der Waals surface area contributed by atoms with Crippen LogP contribution in [0.1, 0.15) is 17.0 Å². The van der Waals surface area contributed by atoms with E-state index in [-0.39, 0.29) is 6.61 Å². The predicted molar refractivity (Wildman–Crippen MR) is 119 cm³/mol. The third kappa shape index (κ3) is 5.05. The van der Waals surface area contributed by atoms with Gasteiger partial charge in [0.2, 0.25) is 0 Å². The van der Waals surface area contributed by atoms with Crippen LogP contribution in [0, 0.1) is 11.3 Å². The summed E-state index contributed by atoms with van der Waals surface area (Å²) in [4.78, 5) is 0. The van der Waals surface area contributed by atoms with Gasteiger partial charge in [0.15, 0.2) is 11.0 Å². The molecule has 0 spiro atoms. The van der Waals surface area contributed by atoms with Crippen LogP contribution < -0.4 is 9.47 Å². The number of thioether (sulfide) groups is 1.